The molecule has 28 heavy (non-hydrogen) atoms. The van der Waals surface area contributed by atoms with E-state index in [4.69, 9.17) is 0 Å². The van der Waals surface area contributed by atoms with Crippen molar-refractivity contribution in [3.63, 3.8) is 0 Å². The maximum atomic E-state index is 13.6. The lowest BCUT2D eigenvalue weighted by Gasteiger charge is -2.35. The summed E-state index contributed by atoms with van der Waals surface area (Å²) in [6, 6.07) is 3.93. The molecule has 1 amide bonds. The highest BCUT2D eigenvalue weighted by molar-refractivity contribution is 7.91. The van der Waals surface area contributed by atoms with E-state index < -0.39 is 15.9 Å². The Balaban J connectivity index is 1.51. The molecule has 0 spiro atoms. The van der Waals surface area contributed by atoms with Gasteiger partial charge in [0.1, 0.15) is 5.82 Å². The Kier molecular flexibility index (Phi) is 5.18. The van der Waals surface area contributed by atoms with Gasteiger partial charge in [-0.2, -0.15) is 0 Å². The molecule has 0 aliphatic carbocycles. The lowest BCUT2D eigenvalue weighted by atomic mass is 10.0. The summed E-state index contributed by atoms with van der Waals surface area (Å²) >= 11 is 0. The second-order valence-electron chi connectivity index (χ2n) is 8.01. The van der Waals surface area contributed by atoms with Crippen molar-refractivity contribution in [3.8, 4) is 0 Å². The molecular weight excluding hydrogens is 381 g/mol. The molecule has 2 saturated heterocycles. The lowest BCUT2D eigenvalue weighted by molar-refractivity contribution is -0.121. The molecule has 2 atom stereocenters. The van der Waals surface area contributed by atoms with E-state index in [0.29, 0.717) is 5.39 Å². The fourth-order valence-electron chi connectivity index (χ4n) is 4.58. The van der Waals surface area contributed by atoms with Gasteiger partial charge in [-0.25, -0.2) is 12.8 Å². The molecule has 4 rings (SSSR count). The molecule has 6 nitrogen and oxygen atoms in total. The molecule has 2 N–H and O–H groups in total. The van der Waals surface area contributed by atoms with Gasteiger partial charge in [0.25, 0.3) is 0 Å². The molecule has 152 valence electrons. The minimum Gasteiger partial charge on any atom is -0.358 e. The molecule has 0 radical (unpaired) electrons. The number of hydrogen-bond donors (Lipinski definition) is 2. The van der Waals surface area contributed by atoms with Crippen molar-refractivity contribution in [1.82, 2.24) is 15.2 Å². The van der Waals surface area contributed by atoms with Gasteiger partial charge in [0.2, 0.25) is 5.91 Å². The normalized spacial score (nSPS) is 25.2. The quantitative estimate of drug-likeness (QED) is 0.811. The van der Waals surface area contributed by atoms with Crippen LogP contribution >= 0.6 is 0 Å². The van der Waals surface area contributed by atoms with Gasteiger partial charge >= 0.3 is 0 Å². The predicted molar refractivity (Wildman–Crippen MR) is 106 cm³/mol. The number of sulfone groups is 1. The van der Waals surface area contributed by atoms with Crippen molar-refractivity contribution in [1.29, 1.82) is 0 Å². The number of aryl methyl sites for hydroxylation is 1. The Labute approximate surface area is 164 Å². The number of aromatic nitrogens is 1. The van der Waals surface area contributed by atoms with E-state index >= 15 is 0 Å². The Morgan fingerprint density at radius 3 is 2.75 bits per heavy atom. The number of likely N-dealkylation sites (tertiary alicyclic amines) is 1. The number of piperidine rings is 1. The van der Waals surface area contributed by atoms with E-state index in [2.05, 4.69) is 15.2 Å². The van der Waals surface area contributed by atoms with Crippen LogP contribution in [0.1, 0.15) is 30.5 Å². The number of amides is 1. The van der Waals surface area contributed by atoms with Gasteiger partial charge in [0, 0.05) is 22.6 Å². The number of hydrogen-bond acceptors (Lipinski definition) is 4. The van der Waals surface area contributed by atoms with Gasteiger partial charge in [-0.15, -0.1) is 0 Å². The molecule has 8 heteroatoms. The number of nitrogens with one attached hydrogen (secondary N) is 2. The van der Waals surface area contributed by atoms with E-state index in [9.17, 15) is 17.6 Å². The van der Waals surface area contributed by atoms with Crippen molar-refractivity contribution in [2.75, 3.05) is 24.6 Å². The first-order chi connectivity index (χ1) is 13.3. The molecule has 2 aliphatic heterocycles. The predicted octanol–water partition coefficient (Wildman–Crippen LogP) is 1.93. The van der Waals surface area contributed by atoms with Gasteiger partial charge in [-0.1, -0.05) is 6.42 Å². The maximum Gasteiger partial charge on any atom is 0.224 e. The number of carbonyl (C=O) groups excluding carboxylic acids is 1. The van der Waals surface area contributed by atoms with Gasteiger partial charge in [0.15, 0.2) is 9.84 Å². The number of fused-ring (bicyclic) bond motifs is 1. The number of nitrogens with zero attached hydrogens (tertiary/aromatic N) is 1. The molecule has 2 aromatic rings. The van der Waals surface area contributed by atoms with Crippen LogP contribution in [-0.2, 0) is 21.1 Å². The third-order valence-corrected chi connectivity index (χ3v) is 7.66. The van der Waals surface area contributed by atoms with Crippen molar-refractivity contribution in [3.05, 3.63) is 35.3 Å². The third kappa shape index (κ3) is 3.93. The van der Waals surface area contributed by atoms with Crippen LogP contribution in [0.3, 0.4) is 0 Å². The molecule has 2 fully saturated rings. The van der Waals surface area contributed by atoms with Crippen LogP contribution in [0.25, 0.3) is 10.9 Å². The van der Waals surface area contributed by atoms with E-state index in [1.54, 1.807) is 6.07 Å². The number of benzene rings is 1. The Hall–Kier alpha value is -1.93. The van der Waals surface area contributed by atoms with Crippen LogP contribution in [0, 0.1) is 12.7 Å². The molecule has 3 heterocycles. The smallest absolute Gasteiger partial charge is 0.224 e. The Bertz CT molecular complexity index is 996. The largest absolute Gasteiger partial charge is 0.358 e. The average molecular weight is 408 g/mol. The van der Waals surface area contributed by atoms with Crippen molar-refractivity contribution >= 4 is 26.6 Å². The number of rotatable bonds is 4. The Morgan fingerprint density at radius 2 is 2.00 bits per heavy atom. The second-order valence-corrected chi connectivity index (χ2v) is 10.2. The average Bonchev–Trinajstić information content (AvgIpc) is 3.11. The van der Waals surface area contributed by atoms with E-state index in [1.165, 1.54) is 18.6 Å². The van der Waals surface area contributed by atoms with Crippen LogP contribution in [0.5, 0.6) is 0 Å². The molecule has 1 aromatic heterocycles. The fourth-order valence-corrected chi connectivity index (χ4v) is 6.53. The number of halogens is 1. The zero-order chi connectivity index (χ0) is 19.9. The third-order valence-electron chi connectivity index (χ3n) is 5.95. The van der Waals surface area contributed by atoms with Gasteiger partial charge in [-0.3, -0.25) is 9.69 Å². The summed E-state index contributed by atoms with van der Waals surface area (Å²) in [5.74, 6) is -0.478. The molecule has 1 aromatic carbocycles. The van der Waals surface area contributed by atoms with Crippen LogP contribution in [0.2, 0.25) is 0 Å². The summed E-state index contributed by atoms with van der Waals surface area (Å²) in [5, 5.41) is 3.65. The zero-order valence-electron chi connectivity index (χ0n) is 16.0. The number of H-pyrrole nitrogens is 1. The highest BCUT2D eigenvalue weighted by Gasteiger charge is 2.41. The molecule has 0 bridgehead atoms. The lowest BCUT2D eigenvalue weighted by Crippen LogP contribution is -2.52. The molecule has 2 unspecified atom stereocenters. The van der Waals surface area contributed by atoms with Gasteiger partial charge < -0.3 is 10.3 Å². The first kappa shape index (κ1) is 19.4. The molecule has 2 aliphatic rings. The van der Waals surface area contributed by atoms with Crippen LogP contribution in [-0.4, -0.2) is 60.9 Å². The Morgan fingerprint density at radius 1 is 1.25 bits per heavy atom. The summed E-state index contributed by atoms with van der Waals surface area (Å²) in [4.78, 5) is 18.1. The summed E-state index contributed by atoms with van der Waals surface area (Å²) in [6.45, 7) is 3.62. The molecular formula is C20H26FN3O3S. The topological polar surface area (TPSA) is 82.3 Å². The van der Waals surface area contributed by atoms with Crippen molar-refractivity contribution in [2.24, 2.45) is 0 Å². The summed E-state index contributed by atoms with van der Waals surface area (Å²) in [7, 11) is -3.16. The van der Waals surface area contributed by atoms with Crippen molar-refractivity contribution in [2.45, 2.75) is 44.7 Å². The summed E-state index contributed by atoms with van der Waals surface area (Å²) in [6.07, 6.45) is 3.40. The summed E-state index contributed by atoms with van der Waals surface area (Å²) < 4.78 is 38.1. The number of carbonyl (C=O) groups is 1. The SMILES string of the molecule is Cc1[nH]c2ccc(F)cc2c1CC(=O)NC1CS(=O)(=O)CC1N1CCCCC1. The first-order valence-electron chi connectivity index (χ1n) is 9.83. The van der Waals surface area contributed by atoms with E-state index in [-0.39, 0.29) is 35.7 Å². The highest BCUT2D eigenvalue weighted by atomic mass is 32.2. The van der Waals surface area contributed by atoms with Crippen LogP contribution in [0.4, 0.5) is 4.39 Å². The van der Waals surface area contributed by atoms with Gasteiger partial charge in [0.05, 0.1) is 24.0 Å². The minimum absolute atomic E-state index is 0.0125. The maximum absolute atomic E-state index is 13.6. The van der Waals surface area contributed by atoms with E-state index in [0.717, 1.165) is 42.7 Å². The zero-order valence-corrected chi connectivity index (χ0v) is 16.8. The van der Waals surface area contributed by atoms with Gasteiger partial charge in [-0.05, 0) is 56.6 Å². The minimum atomic E-state index is -3.16. The number of aromatic amines is 1. The summed E-state index contributed by atoms with van der Waals surface area (Å²) in [5.41, 5.74) is 2.36. The highest BCUT2D eigenvalue weighted by Crippen LogP contribution is 2.25. The first-order valence-corrected chi connectivity index (χ1v) is 11.6. The molecule has 0 saturated carbocycles. The standard InChI is InChI=1S/C20H26FN3O3S/c1-13-15(16-9-14(21)5-6-17(16)22-13)10-20(25)23-18-11-28(26,27)12-19(18)24-7-3-2-4-8-24/h5-6,9,18-19,22H,2-4,7-8,10-12H2,1H3,(H,23,25). The second kappa shape index (κ2) is 7.48. The fraction of sp³-hybridized carbons (Fsp3) is 0.550. The van der Waals surface area contributed by atoms with E-state index in [1.807, 2.05) is 6.92 Å². The van der Waals surface area contributed by atoms with Crippen molar-refractivity contribution < 1.29 is 17.6 Å². The van der Waals surface area contributed by atoms with Crippen LogP contribution in [0.15, 0.2) is 18.2 Å². The monoisotopic (exact) mass is 407 g/mol. The van der Waals surface area contributed by atoms with Crippen LogP contribution < -0.4 is 5.32 Å².